The van der Waals surface area contributed by atoms with Crippen LogP contribution in [0.4, 0.5) is 5.00 Å². The second-order valence-electron chi connectivity index (χ2n) is 6.42. The molecule has 3 rings (SSSR count). The van der Waals surface area contributed by atoms with Crippen LogP contribution in [-0.4, -0.2) is 43.7 Å². The molecular weight excluding hydrogens is 310 g/mol. The SMILES string of the molecule is C[C@@H]1CCc2c(sc(NC(=O)CCN3CCOCC3)c2C#N)C1. The molecule has 0 bridgehead atoms. The Kier molecular flexibility index (Phi) is 5.31. The molecule has 2 heterocycles. The predicted molar refractivity (Wildman–Crippen MR) is 90.7 cm³/mol. The fourth-order valence-corrected chi connectivity index (χ4v) is 4.61. The molecule has 1 saturated heterocycles. The van der Waals surface area contributed by atoms with E-state index in [-0.39, 0.29) is 5.91 Å². The highest BCUT2D eigenvalue weighted by molar-refractivity contribution is 7.16. The maximum atomic E-state index is 12.2. The topological polar surface area (TPSA) is 65.4 Å². The van der Waals surface area contributed by atoms with Gasteiger partial charge in [-0.25, -0.2) is 0 Å². The van der Waals surface area contributed by atoms with Gasteiger partial charge in [0.15, 0.2) is 0 Å². The smallest absolute Gasteiger partial charge is 0.226 e. The van der Waals surface area contributed by atoms with Gasteiger partial charge < -0.3 is 10.1 Å². The summed E-state index contributed by atoms with van der Waals surface area (Å²) in [5.41, 5.74) is 1.86. The summed E-state index contributed by atoms with van der Waals surface area (Å²) >= 11 is 1.59. The van der Waals surface area contributed by atoms with Crippen molar-refractivity contribution >= 4 is 22.2 Å². The number of hydrogen-bond acceptors (Lipinski definition) is 5. The van der Waals surface area contributed by atoms with Gasteiger partial charge in [0.2, 0.25) is 5.91 Å². The van der Waals surface area contributed by atoms with Crippen LogP contribution in [0, 0.1) is 17.2 Å². The molecule has 1 N–H and O–H groups in total. The van der Waals surface area contributed by atoms with E-state index in [0.717, 1.165) is 57.1 Å². The van der Waals surface area contributed by atoms with E-state index in [2.05, 4.69) is 23.2 Å². The van der Waals surface area contributed by atoms with Crippen molar-refractivity contribution in [1.29, 1.82) is 5.26 Å². The van der Waals surface area contributed by atoms with Crippen LogP contribution >= 0.6 is 11.3 Å². The predicted octanol–water partition coefficient (Wildman–Crippen LogP) is 2.41. The van der Waals surface area contributed by atoms with E-state index in [1.165, 1.54) is 10.4 Å². The zero-order valence-electron chi connectivity index (χ0n) is 13.6. The monoisotopic (exact) mass is 333 g/mol. The average Bonchev–Trinajstić information content (AvgIpc) is 2.89. The van der Waals surface area contributed by atoms with E-state index in [0.29, 0.717) is 17.9 Å². The molecule has 1 aromatic heterocycles. The number of carbonyl (C=O) groups is 1. The third kappa shape index (κ3) is 3.92. The van der Waals surface area contributed by atoms with Crippen molar-refractivity contribution in [3.05, 3.63) is 16.0 Å². The van der Waals surface area contributed by atoms with Crippen molar-refractivity contribution in [1.82, 2.24) is 4.90 Å². The van der Waals surface area contributed by atoms with Crippen LogP contribution in [0.25, 0.3) is 0 Å². The van der Waals surface area contributed by atoms with Gasteiger partial charge in [0.05, 0.1) is 18.8 Å². The quantitative estimate of drug-likeness (QED) is 0.919. The first-order valence-corrected chi connectivity index (χ1v) is 9.13. The largest absolute Gasteiger partial charge is 0.379 e. The van der Waals surface area contributed by atoms with Crippen LogP contribution in [0.2, 0.25) is 0 Å². The number of fused-ring (bicyclic) bond motifs is 1. The van der Waals surface area contributed by atoms with Crippen molar-refractivity contribution in [2.75, 3.05) is 38.2 Å². The van der Waals surface area contributed by atoms with Crippen LogP contribution in [0.15, 0.2) is 0 Å². The van der Waals surface area contributed by atoms with Crippen molar-refractivity contribution in [2.24, 2.45) is 5.92 Å². The first-order chi connectivity index (χ1) is 11.2. The Balaban J connectivity index is 1.61. The maximum absolute atomic E-state index is 12.2. The summed E-state index contributed by atoms with van der Waals surface area (Å²) in [6.07, 6.45) is 3.57. The van der Waals surface area contributed by atoms with Crippen LogP contribution in [0.3, 0.4) is 0 Å². The Bertz CT molecular complexity index is 614. The Hall–Kier alpha value is -1.42. The van der Waals surface area contributed by atoms with Gasteiger partial charge in [-0.05, 0) is 30.7 Å². The summed E-state index contributed by atoms with van der Waals surface area (Å²) in [7, 11) is 0. The first kappa shape index (κ1) is 16.4. The number of rotatable bonds is 4. The molecule has 1 aliphatic carbocycles. The first-order valence-electron chi connectivity index (χ1n) is 8.32. The van der Waals surface area contributed by atoms with Crippen molar-refractivity contribution < 1.29 is 9.53 Å². The number of nitrogens with one attached hydrogen (secondary N) is 1. The molecule has 0 aromatic carbocycles. The molecule has 1 amide bonds. The number of nitriles is 1. The average molecular weight is 333 g/mol. The molecule has 2 aliphatic rings. The Labute approximate surface area is 141 Å². The Morgan fingerprint density at radius 2 is 2.26 bits per heavy atom. The Morgan fingerprint density at radius 3 is 3.00 bits per heavy atom. The normalized spacial score (nSPS) is 21.5. The van der Waals surface area contributed by atoms with Crippen LogP contribution in [-0.2, 0) is 22.4 Å². The number of morpholine rings is 1. The number of nitrogens with zero attached hydrogens (tertiary/aromatic N) is 2. The zero-order valence-corrected chi connectivity index (χ0v) is 14.4. The highest BCUT2D eigenvalue weighted by atomic mass is 32.1. The molecule has 1 aromatic rings. The summed E-state index contributed by atoms with van der Waals surface area (Å²) in [6.45, 7) is 6.27. The number of carbonyl (C=O) groups excluding carboxylic acids is 1. The summed E-state index contributed by atoms with van der Waals surface area (Å²) in [6, 6.07) is 2.30. The molecule has 1 atom stereocenters. The van der Waals surface area contributed by atoms with Gasteiger partial charge in [-0.2, -0.15) is 5.26 Å². The van der Waals surface area contributed by atoms with Gasteiger partial charge in [0.25, 0.3) is 0 Å². The fourth-order valence-electron chi connectivity index (χ4n) is 3.23. The molecule has 0 spiro atoms. The Morgan fingerprint density at radius 1 is 1.48 bits per heavy atom. The summed E-state index contributed by atoms with van der Waals surface area (Å²) in [4.78, 5) is 15.8. The second kappa shape index (κ2) is 7.43. The molecule has 23 heavy (non-hydrogen) atoms. The summed E-state index contributed by atoms with van der Waals surface area (Å²) in [5, 5.41) is 13.2. The molecule has 5 nitrogen and oxygen atoms in total. The minimum absolute atomic E-state index is 0.000336. The molecule has 1 fully saturated rings. The minimum atomic E-state index is -0.000336. The highest BCUT2D eigenvalue weighted by Crippen LogP contribution is 2.39. The molecule has 124 valence electrons. The van der Waals surface area contributed by atoms with E-state index in [1.807, 2.05) is 0 Å². The van der Waals surface area contributed by atoms with Crippen LogP contribution < -0.4 is 5.32 Å². The molecule has 0 saturated carbocycles. The molecule has 0 radical (unpaired) electrons. The van der Waals surface area contributed by atoms with Crippen molar-refractivity contribution in [3.8, 4) is 6.07 Å². The van der Waals surface area contributed by atoms with E-state index < -0.39 is 0 Å². The van der Waals surface area contributed by atoms with Crippen molar-refractivity contribution in [2.45, 2.75) is 32.6 Å². The lowest BCUT2D eigenvalue weighted by atomic mass is 9.89. The van der Waals surface area contributed by atoms with Gasteiger partial charge >= 0.3 is 0 Å². The maximum Gasteiger partial charge on any atom is 0.226 e. The minimum Gasteiger partial charge on any atom is -0.379 e. The van der Waals surface area contributed by atoms with Gasteiger partial charge in [0, 0.05) is 30.9 Å². The molecule has 1 aliphatic heterocycles. The molecule has 6 heteroatoms. The van der Waals surface area contributed by atoms with Gasteiger partial charge in [-0.1, -0.05) is 6.92 Å². The zero-order chi connectivity index (χ0) is 16.2. The lowest BCUT2D eigenvalue weighted by molar-refractivity contribution is -0.116. The van der Waals surface area contributed by atoms with E-state index in [4.69, 9.17) is 4.74 Å². The second-order valence-corrected chi connectivity index (χ2v) is 7.53. The van der Waals surface area contributed by atoms with Gasteiger partial charge in [0.1, 0.15) is 11.1 Å². The number of amides is 1. The third-order valence-electron chi connectivity index (χ3n) is 4.64. The van der Waals surface area contributed by atoms with Gasteiger partial charge in [-0.15, -0.1) is 11.3 Å². The lowest BCUT2D eigenvalue weighted by Crippen LogP contribution is -2.38. The number of hydrogen-bond donors (Lipinski definition) is 1. The molecular formula is C17H23N3O2S. The van der Waals surface area contributed by atoms with Crippen LogP contribution in [0.5, 0.6) is 0 Å². The lowest BCUT2D eigenvalue weighted by Gasteiger charge is -2.26. The highest BCUT2D eigenvalue weighted by Gasteiger charge is 2.24. The number of ether oxygens (including phenoxy) is 1. The number of thiophene rings is 1. The third-order valence-corrected chi connectivity index (χ3v) is 5.81. The fraction of sp³-hybridized carbons (Fsp3) is 0.647. The summed E-state index contributed by atoms with van der Waals surface area (Å²) < 4.78 is 5.31. The van der Waals surface area contributed by atoms with E-state index >= 15 is 0 Å². The van der Waals surface area contributed by atoms with E-state index in [9.17, 15) is 10.1 Å². The van der Waals surface area contributed by atoms with E-state index in [1.54, 1.807) is 11.3 Å². The molecule has 0 unspecified atom stereocenters. The summed E-state index contributed by atoms with van der Waals surface area (Å²) in [5.74, 6) is 0.664. The van der Waals surface area contributed by atoms with Crippen molar-refractivity contribution in [3.63, 3.8) is 0 Å². The number of anilines is 1. The van der Waals surface area contributed by atoms with Crippen LogP contribution in [0.1, 0.15) is 35.8 Å². The standard InChI is InChI=1S/C17H23N3O2S/c1-12-2-3-13-14(11-18)17(23-15(13)10-12)19-16(21)4-5-20-6-8-22-9-7-20/h12H,2-10H2,1H3,(H,19,21)/t12-/m1/s1. The van der Waals surface area contributed by atoms with Gasteiger partial charge in [-0.3, -0.25) is 9.69 Å².